The molecule has 0 saturated heterocycles. The number of alkyl halides is 3. The van der Waals surface area contributed by atoms with Crippen molar-refractivity contribution in [3.63, 3.8) is 0 Å². The van der Waals surface area contributed by atoms with Gasteiger partial charge in [0.2, 0.25) is 0 Å². The fourth-order valence-electron chi connectivity index (χ4n) is 2.71. The lowest BCUT2D eigenvalue weighted by molar-refractivity contribution is -0.137. The molecule has 150 valence electrons. The minimum Gasteiger partial charge on any atom is -0.465 e. The maximum atomic E-state index is 12.8. The third-order valence-corrected chi connectivity index (χ3v) is 4.14. The van der Waals surface area contributed by atoms with E-state index in [1.165, 1.54) is 38.3 Å². The number of hydrogen-bond acceptors (Lipinski definition) is 5. The molecule has 1 heterocycles. The van der Waals surface area contributed by atoms with Crippen LogP contribution in [0.3, 0.4) is 0 Å². The van der Waals surface area contributed by atoms with Gasteiger partial charge in [-0.05, 0) is 31.2 Å². The van der Waals surface area contributed by atoms with Crippen LogP contribution in [0, 0.1) is 6.92 Å². The molecule has 6 nitrogen and oxygen atoms in total. The smallest absolute Gasteiger partial charge is 0.416 e. The van der Waals surface area contributed by atoms with E-state index in [-0.39, 0.29) is 33.8 Å². The molecule has 0 atom stereocenters. The monoisotopic (exact) mass is 404 g/mol. The van der Waals surface area contributed by atoms with Gasteiger partial charge in [-0.3, -0.25) is 4.79 Å². The van der Waals surface area contributed by atoms with Crippen LogP contribution in [0.4, 0.5) is 18.9 Å². The van der Waals surface area contributed by atoms with Crippen LogP contribution in [0.1, 0.15) is 32.0 Å². The molecule has 1 amide bonds. The van der Waals surface area contributed by atoms with Crippen LogP contribution < -0.4 is 5.32 Å². The Morgan fingerprint density at radius 2 is 1.72 bits per heavy atom. The van der Waals surface area contributed by atoms with Crippen LogP contribution in [-0.4, -0.2) is 24.1 Å². The van der Waals surface area contributed by atoms with Gasteiger partial charge in [-0.2, -0.15) is 13.2 Å². The molecule has 3 rings (SSSR count). The van der Waals surface area contributed by atoms with E-state index < -0.39 is 23.6 Å². The zero-order chi connectivity index (χ0) is 21.2. The highest BCUT2D eigenvalue weighted by molar-refractivity contribution is 6.11. The summed E-state index contributed by atoms with van der Waals surface area (Å²) >= 11 is 0. The summed E-state index contributed by atoms with van der Waals surface area (Å²) in [7, 11) is 1.22. The lowest BCUT2D eigenvalue weighted by Crippen LogP contribution is -2.16. The molecule has 0 unspecified atom stereocenters. The second-order valence-electron chi connectivity index (χ2n) is 6.04. The van der Waals surface area contributed by atoms with E-state index in [1.54, 1.807) is 12.1 Å². The molecule has 0 radical (unpaired) electrons. The highest BCUT2D eigenvalue weighted by atomic mass is 19.4. The van der Waals surface area contributed by atoms with E-state index >= 15 is 0 Å². The number of esters is 1. The fourth-order valence-corrected chi connectivity index (χ4v) is 2.71. The minimum absolute atomic E-state index is 0.0178. The Labute approximate surface area is 163 Å². The number of benzene rings is 2. The number of hydrogen-bond donors (Lipinski definition) is 1. The maximum absolute atomic E-state index is 12.8. The Bertz CT molecular complexity index is 1060. The molecule has 0 spiro atoms. The van der Waals surface area contributed by atoms with Crippen molar-refractivity contribution in [2.45, 2.75) is 13.1 Å². The summed E-state index contributed by atoms with van der Waals surface area (Å²) < 4.78 is 48.2. The number of anilines is 1. The minimum atomic E-state index is -4.48. The number of halogens is 3. The molecule has 9 heteroatoms. The summed E-state index contributed by atoms with van der Waals surface area (Å²) in [6.07, 6.45) is -4.48. The summed E-state index contributed by atoms with van der Waals surface area (Å²) in [5.41, 5.74) is 0.0785. The van der Waals surface area contributed by atoms with E-state index in [0.717, 1.165) is 12.1 Å². The normalized spacial score (nSPS) is 11.2. The Morgan fingerprint density at radius 1 is 1.07 bits per heavy atom. The molecule has 1 aromatic heterocycles. The second kappa shape index (κ2) is 7.78. The number of rotatable bonds is 4. The molecule has 0 fully saturated rings. The number of nitrogens with one attached hydrogen (secondary N) is 1. The van der Waals surface area contributed by atoms with Crippen LogP contribution in [0.5, 0.6) is 0 Å². The number of aryl methyl sites for hydroxylation is 1. The van der Waals surface area contributed by atoms with Gasteiger partial charge in [0.1, 0.15) is 5.56 Å². The third-order valence-electron chi connectivity index (χ3n) is 4.14. The molecule has 3 aromatic rings. The molecule has 0 aliphatic rings. The Kier molecular flexibility index (Phi) is 5.40. The predicted molar refractivity (Wildman–Crippen MR) is 97.4 cm³/mol. The number of nitrogens with zero attached hydrogens (tertiary/aromatic N) is 1. The molecule has 0 saturated carbocycles. The van der Waals surface area contributed by atoms with E-state index in [0.29, 0.717) is 0 Å². The van der Waals surface area contributed by atoms with E-state index in [1.807, 2.05) is 0 Å². The van der Waals surface area contributed by atoms with E-state index in [9.17, 15) is 22.8 Å². The van der Waals surface area contributed by atoms with Crippen molar-refractivity contribution in [2.24, 2.45) is 0 Å². The molecule has 2 aromatic carbocycles. The van der Waals surface area contributed by atoms with Crippen LogP contribution >= 0.6 is 0 Å². The number of amides is 1. The summed E-state index contributed by atoms with van der Waals surface area (Å²) in [6.45, 7) is 1.53. The maximum Gasteiger partial charge on any atom is 0.416 e. The lowest BCUT2D eigenvalue weighted by atomic mass is 10.0. The first-order valence-electron chi connectivity index (χ1n) is 8.35. The molecule has 0 aliphatic heterocycles. The van der Waals surface area contributed by atoms with Crippen LogP contribution in [0.25, 0.3) is 11.3 Å². The highest BCUT2D eigenvalue weighted by Crippen LogP contribution is 2.33. The average molecular weight is 404 g/mol. The van der Waals surface area contributed by atoms with E-state index in [2.05, 4.69) is 10.5 Å². The van der Waals surface area contributed by atoms with Gasteiger partial charge in [0.05, 0.1) is 29.6 Å². The molecule has 0 bridgehead atoms. The van der Waals surface area contributed by atoms with Crippen LogP contribution in [-0.2, 0) is 10.9 Å². The van der Waals surface area contributed by atoms with Crippen molar-refractivity contribution in [1.29, 1.82) is 0 Å². The third kappa shape index (κ3) is 4.13. The van der Waals surface area contributed by atoms with Crippen molar-refractivity contribution in [2.75, 3.05) is 12.4 Å². The topological polar surface area (TPSA) is 81.4 Å². The molecule has 29 heavy (non-hydrogen) atoms. The number of carbonyl (C=O) groups is 2. The summed E-state index contributed by atoms with van der Waals surface area (Å²) in [5.74, 6) is -1.25. The number of aromatic nitrogens is 1. The Hall–Kier alpha value is -3.62. The lowest BCUT2D eigenvalue weighted by Gasteiger charge is -2.10. The molecular formula is C20H15F3N2O4. The first kappa shape index (κ1) is 20.1. The van der Waals surface area contributed by atoms with Gasteiger partial charge >= 0.3 is 12.1 Å². The van der Waals surface area contributed by atoms with Gasteiger partial charge in [0, 0.05) is 5.56 Å². The summed E-state index contributed by atoms with van der Waals surface area (Å²) in [4.78, 5) is 24.7. The summed E-state index contributed by atoms with van der Waals surface area (Å²) in [5, 5.41) is 6.35. The zero-order valence-corrected chi connectivity index (χ0v) is 15.3. The predicted octanol–water partition coefficient (Wildman–Crippen LogP) is 4.71. The SMILES string of the molecule is COC(=O)c1ccccc1NC(=O)c1c(C)noc1-c1ccc(C(F)(F)F)cc1. The van der Waals surface area contributed by atoms with Crippen LogP contribution in [0.15, 0.2) is 53.1 Å². The van der Waals surface area contributed by atoms with Gasteiger partial charge in [-0.25, -0.2) is 4.79 Å². The summed E-state index contributed by atoms with van der Waals surface area (Å²) in [6, 6.07) is 10.4. The first-order chi connectivity index (χ1) is 13.7. The highest BCUT2D eigenvalue weighted by Gasteiger charge is 2.31. The second-order valence-corrected chi connectivity index (χ2v) is 6.04. The average Bonchev–Trinajstić information content (AvgIpc) is 3.08. The van der Waals surface area contributed by atoms with Crippen molar-refractivity contribution in [3.8, 4) is 11.3 Å². The van der Waals surface area contributed by atoms with Gasteiger partial charge in [-0.1, -0.05) is 29.4 Å². The van der Waals surface area contributed by atoms with Crippen molar-refractivity contribution in [1.82, 2.24) is 5.16 Å². The van der Waals surface area contributed by atoms with E-state index in [4.69, 9.17) is 9.26 Å². The van der Waals surface area contributed by atoms with Crippen molar-refractivity contribution >= 4 is 17.6 Å². The standard InChI is InChI=1S/C20H15F3N2O4/c1-11-16(18(26)24-15-6-4-3-5-14(15)19(27)28-2)17(29-25-11)12-7-9-13(10-8-12)20(21,22)23/h3-10H,1-2H3,(H,24,26). The first-order valence-corrected chi connectivity index (χ1v) is 8.35. The Balaban J connectivity index is 1.95. The number of ether oxygens (including phenoxy) is 1. The van der Waals surface area contributed by atoms with Gasteiger partial charge in [0.15, 0.2) is 5.76 Å². The van der Waals surface area contributed by atoms with Crippen LogP contribution in [0.2, 0.25) is 0 Å². The van der Waals surface area contributed by atoms with Gasteiger partial charge in [-0.15, -0.1) is 0 Å². The largest absolute Gasteiger partial charge is 0.465 e. The number of carbonyl (C=O) groups excluding carboxylic acids is 2. The number of methoxy groups -OCH3 is 1. The van der Waals surface area contributed by atoms with Crippen molar-refractivity contribution < 1.29 is 32.0 Å². The molecule has 1 N–H and O–H groups in total. The Morgan fingerprint density at radius 3 is 2.34 bits per heavy atom. The van der Waals surface area contributed by atoms with Gasteiger partial charge < -0.3 is 14.6 Å². The van der Waals surface area contributed by atoms with Crippen molar-refractivity contribution in [3.05, 3.63) is 70.9 Å². The fraction of sp³-hybridized carbons (Fsp3) is 0.150. The molecular weight excluding hydrogens is 389 g/mol. The quantitative estimate of drug-likeness (QED) is 0.637. The molecule has 0 aliphatic carbocycles. The van der Waals surface area contributed by atoms with Gasteiger partial charge in [0.25, 0.3) is 5.91 Å². The number of para-hydroxylation sites is 1. The zero-order valence-electron chi connectivity index (χ0n) is 15.3.